The predicted molar refractivity (Wildman–Crippen MR) is 152 cm³/mol. The van der Waals surface area contributed by atoms with E-state index in [0.29, 0.717) is 38.3 Å². The van der Waals surface area contributed by atoms with Gasteiger partial charge < -0.3 is 29.9 Å². The summed E-state index contributed by atoms with van der Waals surface area (Å²) < 4.78 is 50.8. The molecule has 4 amide bonds. The Labute approximate surface area is 254 Å². The molecule has 242 valence electrons. The zero-order valence-corrected chi connectivity index (χ0v) is 25.5. The fourth-order valence-corrected chi connectivity index (χ4v) is 5.08. The number of likely N-dealkylation sites (tertiary alicyclic amines) is 1. The molecule has 0 unspecified atom stereocenters. The Kier molecular flexibility index (Phi) is 11.5. The van der Waals surface area contributed by atoms with Crippen molar-refractivity contribution in [1.29, 1.82) is 0 Å². The van der Waals surface area contributed by atoms with Crippen molar-refractivity contribution in [2.75, 3.05) is 32.8 Å². The van der Waals surface area contributed by atoms with E-state index < -0.39 is 59.3 Å². The summed E-state index contributed by atoms with van der Waals surface area (Å²) in [4.78, 5) is 66.9. The zero-order chi connectivity index (χ0) is 32.8. The lowest BCUT2D eigenvalue weighted by Gasteiger charge is -2.30. The molecule has 0 aromatic heterocycles. The molecule has 11 nitrogen and oxygen atoms in total. The Morgan fingerprint density at radius 3 is 2.07 bits per heavy atom. The van der Waals surface area contributed by atoms with Gasteiger partial charge in [-0.15, -0.1) is 0 Å². The van der Waals surface area contributed by atoms with Crippen LogP contribution in [0, 0.1) is 11.8 Å². The second-order valence-corrected chi connectivity index (χ2v) is 11.3. The molecule has 0 bridgehead atoms. The number of ketones is 1. The van der Waals surface area contributed by atoms with Crippen LogP contribution >= 0.6 is 0 Å². The monoisotopic (exact) mass is 624 g/mol. The number of carbonyl (C=O) groups excluding carboxylic acids is 5. The number of halogens is 3. The number of hydrogen-bond donors (Lipinski definition) is 2. The van der Waals surface area contributed by atoms with Gasteiger partial charge in [-0.05, 0) is 48.9 Å². The summed E-state index contributed by atoms with van der Waals surface area (Å²) >= 11 is 0. The van der Waals surface area contributed by atoms with Crippen LogP contribution in [0.4, 0.5) is 18.0 Å². The molecule has 3 rings (SSSR count). The van der Waals surface area contributed by atoms with E-state index in [1.807, 2.05) is 0 Å². The average Bonchev–Trinajstić information content (AvgIpc) is 3.46. The van der Waals surface area contributed by atoms with Gasteiger partial charge in [0.2, 0.25) is 5.76 Å². The second-order valence-electron chi connectivity index (χ2n) is 11.3. The van der Waals surface area contributed by atoms with Crippen molar-refractivity contribution in [2.45, 2.75) is 65.7 Å². The predicted octanol–water partition coefficient (Wildman–Crippen LogP) is 3.65. The third kappa shape index (κ3) is 8.58. The summed E-state index contributed by atoms with van der Waals surface area (Å²) in [5.74, 6) is -5.30. The molecule has 1 aromatic carbocycles. The third-order valence-electron chi connectivity index (χ3n) is 7.36. The van der Waals surface area contributed by atoms with Gasteiger partial charge in [-0.2, -0.15) is 13.2 Å². The number of morpholine rings is 1. The molecule has 0 radical (unpaired) electrons. The Hall–Kier alpha value is -3.94. The number of Topliss-reactive ketones (excluding diaryl/α,β-unsaturated/α-hetero) is 1. The van der Waals surface area contributed by atoms with Crippen molar-refractivity contribution >= 4 is 29.6 Å². The van der Waals surface area contributed by atoms with Crippen molar-refractivity contribution < 1.29 is 46.6 Å². The van der Waals surface area contributed by atoms with Gasteiger partial charge in [0.05, 0.1) is 31.0 Å². The van der Waals surface area contributed by atoms with Crippen LogP contribution in [0.15, 0.2) is 35.7 Å². The Morgan fingerprint density at radius 1 is 0.955 bits per heavy atom. The van der Waals surface area contributed by atoms with Gasteiger partial charge >= 0.3 is 18.2 Å². The standard InChI is InChI=1S/C30H39F3N4O7/c1-17(2)23(34-27(40)20-8-10-21(11-9-20)28(41)36-13-15-43-16-14-36)25(39)22-7-6-12-37(22)29(42)35-24(18(3)4)26(30(31,32)33)44-19(5)38/h8-11,17-18,22-23H,6-7,12-16H2,1-5H3,(H,34,40)(H,35,42)/b26-24+/t22-,23-/m0/s1. The van der Waals surface area contributed by atoms with E-state index in [4.69, 9.17) is 4.74 Å². The topological polar surface area (TPSA) is 134 Å². The van der Waals surface area contributed by atoms with Gasteiger partial charge in [0, 0.05) is 37.7 Å². The number of benzene rings is 1. The largest absolute Gasteiger partial charge is 0.451 e. The third-order valence-corrected chi connectivity index (χ3v) is 7.36. The van der Waals surface area contributed by atoms with Crippen LogP contribution in [0.3, 0.4) is 0 Å². The normalized spacial score (nSPS) is 18.5. The first-order valence-corrected chi connectivity index (χ1v) is 14.5. The highest BCUT2D eigenvalue weighted by atomic mass is 19.4. The van der Waals surface area contributed by atoms with E-state index in [2.05, 4.69) is 15.4 Å². The number of alkyl halides is 3. The maximum atomic E-state index is 13.7. The summed E-state index contributed by atoms with van der Waals surface area (Å²) in [6.45, 7) is 9.01. The quantitative estimate of drug-likeness (QED) is 0.317. The smallest absolute Gasteiger partial charge is 0.420 e. The number of rotatable bonds is 9. The number of carbonyl (C=O) groups is 5. The number of esters is 1. The lowest BCUT2D eigenvalue weighted by molar-refractivity contribution is -0.159. The number of ether oxygens (including phenoxy) is 2. The van der Waals surface area contributed by atoms with Crippen LogP contribution in [0.25, 0.3) is 0 Å². The van der Waals surface area contributed by atoms with Crippen molar-refractivity contribution in [1.82, 2.24) is 20.4 Å². The maximum Gasteiger partial charge on any atom is 0.451 e. The van der Waals surface area contributed by atoms with Crippen LogP contribution < -0.4 is 10.6 Å². The highest BCUT2D eigenvalue weighted by molar-refractivity contribution is 6.01. The molecule has 2 aliphatic heterocycles. The van der Waals surface area contributed by atoms with E-state index in [1.165, 1.54) is 38.1 Å². The van der Waals surface area contributed by atoms with E-state index in [-0.39, 0.29) is 30.4 Å². The molecule has 44 heavy (non-hydrogen) atoms. The van der Waals surface area contributed by atoms with Crippen molar-refractivity contribution in [3.05, 3.63) is 46.8 Å². The van der Waals surface area contributed by atoms with Crippen LogP contribution in [0.2, 0.25) is 0 Å². The Morgan fingerprint density at radius 2 is 1.55 bits per heavy atom. The molecule has 2 N–H and O–H groups in total. The van der Waals surface area contributed by atoms with E-state index in [1.54, 1.807) is 18.7 Å². The molecule has 2 aliphatic rings. The molecule has 2 saturated heterocycles. The van der Waals surface area contributed by atoms with Crippen molar-refractivity contribution in [3.8, 4) is 0 Å². The summed E-state index contributed by atoms with van der Waals surface area (Å²) in [5.41, 5.74) is -0.00957. The Bertz CT molecular complexity index is 1270. The van der Waals surface area contributed by atoms with E-state index >= 15 is 0 Å². The van der Waals surface area contributed by atoms with E-state index in [9.17, 15) is 37.1 Å². The number of urea groups is 1. The number of amides is 4. The molecular weight excluding hydrogens is 585 g/mol. The molecule has 0 saturated carbocycles. The molecule has 2 heterocycles. The fourth-order valence-electron chi connectivity index (χ4n) is 5.08. The maximum absolute atomic E-state index is 13.7. The summed E-state index contributed by atoms with van der Waals surface area (Å²) in [6.07, 6.45) is -4.39. The molecule has 0 aliphatic carbocycles. The summed E-state index contributed by atoms with van der Waals surface area (Å²) in [5, 5.41) is 4.95. The van der Waals surface area contributed by atoms with Gasteiger partial charge in [0.25, 0.3) is 11.8 Å². The first-order valence-electron chi connectivity index (χ1n) is 14.5. The summed E-state index contributed by atoms with van der Waals surface area (Å²) in [6, 6.07) is 3.07. The molecule has 1 aromatic rings. The van der Waals surface area contributed by atoms with E-state index in [0.717, 1.165) is 11.8 Å². The average molecular weight is 625 g/mol. The summed E-state index contributed by atoms with van der Waals surface area (Å²) in [7, 11) is 0. The minimum absolute atomic E-state index is 0.0971. The lowest BCUT2D eigenvalue weighted by Crippen LogP contribution is -2.54. The van der Waals surface area contributed by atoms with Gasteiger partial charge in [0.15, 0.2) is 5.78 Å². The molecule has 0 spiro atoms. The minimum Gasteiger partial charge on any atom is -0.420 e. The van der Waals surface area contributed by atoms with Crippen LogP contribution in [0.1, 0.15) is 68.2 Å². The van der Waals surface area contributed by atoms with Crippen molar-refractivity contribution in [3.63, 3.8) is 0 Å². The lowest BCUT2D eigenvalue weighted by atomic mass is 9.93. The van der Waals surface area contributed by atoms with Crippen molar-refractivity contribution in [2.24, 2.45) is 11.8 Å². The van der Waals surface area contributed by atoms with Crippen LogP contribution in [0.5, 0.6) is 0 Å². The number of nitrogens with one attached hydrogen (secondary N) is 2. The first kappa shape index (κ1) is 34.5. The molecule has 2 fully saturated rings. The molecular formula is C30H39F3N4O7. The second kappa shape index (κ2) is 14.7. The van der Waals surface area contributed by atoms with Crippen LogP contribution in [-0.2, 0) is 19.1 Å². The van der Waals surface area contributed by atoms with Gasteiger partial charge in [-0.1, -0.05) is 27.7 Å². The first-order chi connectivity index (χ1) is 20.6. The zero-order valence-electron chi connectivity index (χ0n) is 25.5. The number of hydrogen-bond acceptors (Lipinski definition) is 7. The molecule has 2 atom stereocenters. The van der Waals surface area contributed by atoms with Gasteiger partial charge in [0.1, 0.15) is 0 Å². The Balaban J connectivity index is 1.75. The molecule has 14 heteroatoms. The number of nitrogens with zero attached hydrogens (tertiary/aromatic N) is 2. The minimum atomic E-state index is -5.06. The fraction of sp³-hybridized carbons (Fsp3) is 0.567. The highest BCUT2D eigenvalue weighted by Crippen LogP contribution is 2.32. The van der Waals surface area contributed by atoms with Gasteiger partial charge in [-0.3, -0.25) is 19.2 Å². The highest BCUT2D eigenvalue weighted by Gasteiger charge is 2.43. The number of allylic oxidation sites excluding steroid dienone is 2. The SMILES string of the molecule is CC(=O)O/C(=C(/NC(=O)N1CCC[C@H]1C(=O)[C@@H](NC(=O)c1ccc(C(=O)N2CCOCC2)cc1)C(C)C)C(C)C)C(F)(F)F. The van der Waals surface area contributed by atoms with Gasteiger partial charge in [-0.25, -0.2) is 4.79 Å². The van der Waals surface area contributed by atoms with Crippen LogP contribution in [-0.4, -0.2) is 90.5 Å².